The molecule has 2 aromatic rings. The van der Waals surface area contributed by atoms with Crippen molar-refractivity contribution in [3.8, 4) is 0 Å². The number of nitrogens with one attached hydrogen (secondary N) is 2. The fraction of sp³-hybridized carbons (Fsp3) is 0.286. The topological polar surface area (TPSA) is 128 Å². The number of hydrogen-bond donors (Lipinski definition) is 2. The first-order valence-corrected chi connectivity index (χ1v) is 9.32. The predicted octanol–water partition coefficient (Wildman–Crippen LogP) is 3.50. The number of nitro groups is 1. The van der Waals surface area contributed by atoms with Gasteiger partial charge in [0, 0.05) is 36.3 Å². The van der Waals surface area contributed by atoms with Gasteiger partial charge in [0.05, 0.1) is 4.92 Å². The van der Waals surface area contributed by atoms with E-state index in [1.165, 1.54) is 24.3 Å². The highest BCUT2D eigenvalue weighted by Crippen LogP contribution is 2.19. The molecule has 0 bridgehead atoms. The zero-order valence-corrected chi connectivity index (χ0v) is 16.8. The van der Waals surface area contributed by atoms with E-state index in [4.69, 9.17) is 4.74 Å². The highest BCUT2D eigenvalue weighted by atomic mass is 16.6. The Bertz CT molecular complexity index is 920. The summed E-state index contributed by atoms with van der Waals surface area (Å²) in [5, 5.41) is 15.9. The van der Waals surface area contributed by atoms with Crippen molar-refractivity contribution in [1.82, 2.24) is 0 Å². The summed E-state index contributed by atoms with van der Waals surface area (Å²) in [6.45, 7) is 3.34. The number of nitrogens with zero attached hydrogens (tertiary/aromatic N) is 1. The molecule has 0 aliphatic rings. The Morgan fingerprint density at radius 1 is 0.933 bits per heavy atom. The van der Waals surface area contributed by atoms with E-state index in [0.717, 1.165) is 11.1 Å². The second-order valence-corrected chi connectivity index (χ2v) is 6.68. The summed E-state index contributed by atoms with van der Waals surface area (Å²) >= 11 is 0. The maximum atomic E-state index is 12.0. The van der Waals surface area contributed by atoms with Crippen LogP contribution >= 0.6 is 0 Å². The molecule has 0 aliphatic carbocycles. The molecule has 2 amide bonds. The first-order valence-electron chi connectivity index (χ1n) is 9.32. The van der Waals surface area contributed by atoms with Crippen LogP contribution in [0.3, 0.4) is 0 Å². The third-order valence-electron chi connectivity index (χ3n) is 4.26. The van der Waals surface area contributed by atoms with Crippen LogP contribution in [0.1, 0.15) is 30.4 Å². The highest BCUT2D eigenvalue weighted by molar-refractivity contribution is 5.94. The van der Waals surface area contributed by atoms with Gasteiger partial charge in [0.1, 0.15) is 0 Å². The second kappa shape index (κ2) is 10.7. The number of amides is 2. The molecular weight excluding hydrogens is 390 g/mol. The zero-order chi connectivity index (χ0) is 22.1. The van der Waals surface area contributed by atoms with Crippen LogP contribution in [-0.4, -0.2) is 29.3 Å². The number of carbonyl (C=O) groups is 3. The summed E-state index contributed by atoms with van der Waals surface area (Å²) in [6, 6.07) is 11.1. The number of rotatable bonds is 9. The van der Waals surface area contributed by atoms with Gasteiger partial charge in [-0.1, -0.05) is 18.2 Å². The average Bonchev–Trinajstić information content (AvgIpc) is 2.69. The molecule has 9 nitrogen and oxygen atoms in total. The average molecular weight is 413 g/mol. The number of esters is 1. The first-order chi connectivity index (χ1) is 14.3. The van der Waals surface area contributed by atoms with Crippen molar-refractivity contribution < 1.29 is 24.0 Å². The van der Waals surface area contributed by atoms with Crippen molar-refractivity contribution in [3.63, 3.8) is 0 Å². The van der Waals surface area contributed by atoms with E-state index in [-0.39, 0.29) is 30.9 Å². The van der Waals surface area contributed by atoms with E-state index in [0.29, 0.717) is 11.4 Å². The van der Waals surface area contributed by atoms with Crippen LogP contribution in [0.4, 0.5) is 17.1 Å². The minimum atomic E-state index is -0.574. The number of non-ortho nitro benzene ring substituents is 1. The molecule has 0 aliphatic heterocycles. The molecule has 0 spiro atoms. The lowest BCUT2D eigenvalue weighted by Crippen LogP contribution is -2.22. The number of hydrogen-bond acceptors (Lipinski definition) is 6. The van der Waals surface area contributed by atoms with Gasteiger partial charge >= 0.3 is 5.97 Å². The first kappa shape index (κ1) is 22.5. The van der Waals surface area contributed by atoms with Crippen molar-refractivity contribution in [2.45, 2.75) is 33.1 Å². The Morgan fingerprint density at radius 3 is 2.17 bits per heavy atom. The second-order valence-electron chi connectivity index (χ2n) is 6.68. The number of para-hydroxylation sites is 1. The van der Waals surface area contributed by atoms with E-state index in [1.807, 2.05) is 32.0 Å². The van der Waals surface area contributed by atoms with Gasteiger partial charge < -0.3 is 15.4 Å². The molecule has 0 fully saturated rings. The number of benzene rings is 2. The van der Waals surface area contributed by atoms with Gasteiger partial charge in [-0.05, 0) is 43.5 Å². The van der Waals surface area contributed by atoms with Crippen LogP contribution < -0.4 is 10.6 Å². The molecule has 0 heterocycles. The monoisotopic (exact) mass is 413 g/mol. The van der Waals surface area contributed by atoms with Crippen LogP contribution in [-0.2, 0) is 19.1 Å². The van der Waals surface area contributed by atoms with Crippen molar-refractivity contribution in [3.05, 3.63) is 63.7 Å². The van der Waals surface area contributed by atoms with Crippen molar-refractivity contribution in [2.75, 3.05) is 17.2 Å². The van der Waals surface area contributed by atoms with Gasteiger partial charge in [-0.3, -0.25) is 24.5 Å². The van der Waals surface area contributed by atoms with E-state index >= 15 is 0 Å². The Morgan fingerprint density at radius 2 is 1.57 bits per heavy atom. The smallest absolute Gasteiger partial charge is 0.306 e. The Balaban J connectivity index is 1.67. The standard InChI is InChI=1S/C21H23N3O6/c1-14-5-3-6-15(2)21(14)23-19(26)13-30-20(27)8-4-7-18(25)22-16-9-11-17(12-10-16)24(28)29/h3,5-6,9-12H,4,7-8,13H2,1-2H3,(H,22,25)(H,23,26). The molecular formula is C21H23N3O6. The minimum Gasteiger partial charge on any atom is -0.456 e. The number of nitro benzene ring substituents is 1. The maximum Gasteiger partial charge on any atom is 0.306 e. The molecule has 158 valence electrons. The maximum absolute atomic E-state index is 12.0. The summed E-state index contributed by atoms with van der Waals surface area (Å²) in [5.74, 6) is -1.34. The summed E-state index contributed by atoms with van der Waals surface area (Å²) in [6.07, 6.45) is 0.307. The van der Waals surface area contributed by atoms with Gasteiger partial charge in [0.25, 0.3) is 11.6 Å². The summed E-state index contributed by atoms with van der Waals surface area (Å²) in [5.41, 5.74) is 2.87. The van der Waals surface area contributed by atoms with Crippen molar-refractivity contribution in [1.29, 1.82) is 0 Å². The third-order valence-corrected chi connectivity index (χ3v) is 4.26. The molecule has 0 radical (unpaired) electrons. The zero-order valence-electron chi connectivity index (χ0n) is 16.8. The third kappa shape index (κ3) is 7.01. The number of ether oxygens (including phenoxy) is 1. The van der Waals surface area contributed by atoms with Crippen LogP contribution in [0.15, 0.2) is 42.5 Å². The van der Waals surface area contributed by atoms with Gasteiger partial charge in [-0.2, -0.15) is 0 Å². The summed E-state index contributed by atoms with van der Waals surface area (Å²) < 4.78 is 4.94. The molecule has 0 unspecified atom stereocenters. The lowest BCUT2D eigenvalue weighted by molar-refractivity contribution is -0.384. The number of aryl methyl sites for hydroxylation is 2. The van der Waals surface area contributed by atoms with E-state index < -0.39 is 23.4 Å². The summed E-state index contributed by atoms with van der Waals surface area (Å²) in [4.78, 5) is 45.7. The van der Waals surface area contributed by atoms with E-state index in [1.54, 1.807) is 0 Å². The van der Waals surface area contributed by atoms with Gasteiger partial charge in [-0.15, -0.1) is 0 Å². The Labute approximate surface area is 173 Å². The normalized spacial score (nSPS) is 10.2. The Kier molecular flexibility index (Phi) is 8.04. The van der Waals surface area contributed by atoms with E-state index in [9.17, 15) is 24.5 Å². The summed E-state index contributed by atoms with van der Waals surface area (Å²) in [7, 11) is 0. The molecule has 0 saturated carbocycles. The van der Waals surface area contributed by atoms with Gasteiger partial charge in [-0.25, -0.2) is 0 Å². The molecule has 0 aromatic heterocycles. The Hall–Kier alpha value is -3.75. The van der Waals surface area contributed by atoms with Crippen LogP contribution in [0.5, 0.6) is 0 Å². The molecule has 0 saturated heterocycles. The largest absolute Gasteiger partial charge is 0.456 e. The quantitative estimate of drug-likeness (QED) is 0.368. The fourth-order valence-electron chi connectivity index (χ4n) is 2.69. The molecule has 9 heteroatoms. The fourth-order valence-corrected chi connectivity index (χ4v) is 2.69. The molecule has 30 heavy (non-hydrogen) atoms. The predicted molar refractivity (Wildman–Crippen MR) is 111 cm³/mol. The van der Waals surface area contributed by atoms with Crippen molar-refractivity contribution in [2.24, 2.45) is 0 Å². The molecule has 2 aromatic carbocycles. The SMILES string of the molecule is Cc1cccc(C)c1NC(=O)COC(=O)CCCC(=O)Nc1ccc([N+](=O)[O-])cc1. The lowest BCUT2D eigenvalue weighted by atomic mass is 10.1. The highest BCUT2D eigenvalue weighted by Gasteiger charge is 2.12. The van der Waals surface area contributed by atoms with Gasteiger partial charge in [0.2, 0.25) is 5.91 Å². The van der Waals surface area contributed by atoms with Crippen molar-refractivity contribution >= 4 is 34.8 Å². The van der Waals surface area contributed by atoms with Crippen LogP contribution in [0, 0.1) is 24.0 Å². The number of carbonyl (C=O) groups excluding carboxylic acids is 3. The van der Waals surface area contributed by atoms with Crippen LogP contribution in [0.2, 0.25) is 0 Å². The lowest BCUT2D eigenvalue weighted by Gasteiger charge is -2.11. The molecule has 2 N–H and O–H groups in total. The minimum absolute atomic E-state index is 0.00957. The molecule has 2 rings (SSSR count). The molecule has 0 atom stereocenters. The van der Waals surface area contributed by atoms with Gasteiger partial charge in [0.15, 0.2) is 6.61 Å². The van der Waals surface area contributed by atoms with Crippen LogP contribution in [0.25, 0.3) is 0 Å². The number of anilines is 2. The van der Waals surface area contributed by atoms with E-state index in [2.05, 4.69) is 10.6 Å².